The molecule has 1 fully saturated rings. The highest BCUT2D eigenvalue weighted by Gasteiger charge is 2.50. The van der Waals surface area contributed by atoms with E-state index in [2.05, 4.69) is 13.5 Å². The van der Waals surface area contributed by atoms with E-state index in [9.17, 15) is 28.2 Å². The van der Waals surface area contributed by atoms with Crippen LogP contribution < -0.4 is 5.32 Å². The van der Waals surface area contributed by atoms with Crippen LogP contribution in [0.1, 0.15) is 58.3 Å². The Labute approximate surface area is 181 Å². The van der Waals surface area contributed by atoms with Gasteiger partial charge in [-0.15, -0.1) is 6.58 Å². The minimum atomic E-state index is -5.12. The Kier molecular flexibility index (Phi) is 13.3. The maximum absolute atomic E-state index is 12.8. The number of carbonyl (C=O) groups excluding carboxylic acids is 1. The molecule has 0 aromatic heterocycles. The van der Waals surface area contributed by atoms with Gasteiger partial charge in [0.2, 0.25) is 0 Å². The number of aliphatic hydroxyl groups excluding tert-OH is 2. The van der Waals surface area contributed by atoms with Gasteiger partial charge in [-0.2, -0.15) is 13.2 Å². The van der Waals surface area contributed by atoms with E-state index in [0.29, 0.717) is 6.42 Å². The number of ether oxygens (including phenoxy) is 3. The molecule has 1 saturated heterocycles. The molecule has 31 heavy (non-hydrogen) atoms. The Balaban J connectivity index is 2.71. The van der Waals surface area contributed by atoms with Crippen molar-refractivity contribution in [1.29, 1.82) is 0 Å². The second-order valence-electron chi connectivity index (χ2n) is 7.65. The number of hydrogen-bond donors (Lipinski definition) is 3. The number of nitrogens with one attached hydrogen (secondary N) is 1. The van der Waals surface area contributed by atoms with Gasteiger partial charge in [0.05, 0.1) is 13.2 Å². The van der Waals surface area contributed by atoms with Crippen LogP contribution in [0.25, 0.3) is 0 Å². The summed E-state index contributed by atoms with van der Waals surface area (Å²) >= 11 is 0. The van der Waals surface area contributed by atoms with Gasteiger partial charge in [0.15, 0.2) is 6.29 Å². The highest BCUT2D eigenvalue weighted by Crippen LogP contribution is 2.26. The van der Waals surface area contributed by atoms with Crippen LogP contribution in [0.2, 0.25) is 0 Å². The van der Waals surface area contributed by atoms with Crippen LogP contribution in [0.4, 0.5) is 13.2 Å². The molecule has 0 aliphatic carbocycles. The number of hydrogen-bond acceptors (Lipinski definition) is 6. The monoisotopic (exact) mass is 455 g/mol. The number of alkyl halides is 3. The van der Waals surface area contributed by atoms with Gasteiger partial charge in [0, 0.05) is 6.61 Å². The lowest BCUT2D eigenvalue weighted by Crippen LogP contribution is -2.66. The average Bonchev–Trinajstić information content (AvgIpc) is 2.72. The molecule has 0 bridgehead atoms. The first-order valence-electron chi connectivity index (χ1n) is 10.9. The number of rotatable bonds is 15. The molecular formula is C21H36F3NO6. The largest absolute Gasteiger partial charge is 0.471 e. The Hall–Kier alpha value is -1.20. The predicted molar refractivity (Wildman–Crippen MR) is 108 cm³/mol. The molecule has 1 aliphatic heterocycles. The standard InChI is InChI=1S/C21H36F3NO6/c1-3-5-6-7-8-9-10-11-13-29-18-16(25-20(28)21(22,23)24)19(30-12-4-2)31-15(14-26)17(18)27/h4,15-19,26-27H,2-3,5-14H2,1H3,(H,25,28)/t15-,16?,17-,18-,19+/m1/s1. The van der Waals surface area contributed by atoms with Crippen molar-refractivity contribution in [2.75, 3.05) is 19.8 Å². The average molecular weight is 456 g/mol. The lowest BCUT2D eigenvalue weighted by atomic mass is 9.96. The van der Waals surface area contributed by atoms with E-state index in [1.54, 1.807) is 0 Å². The van der Waals surface area contributed by atoms with Crippen LogP contribution in [0.5, 0.6) is 0 Å². The van der Waals surface area contributed by atoms with E-state index >= 15 is 0 Å². The molecule has 3 N–H and O–H groups in total. The fourth-order valence-corrected chi connectivity index (χ4v) is 3.41. The van der Waals surface area contributed by atoms with Gasteiger partial charge in [-0.1, -0.05) is 57.9 Å². The zero-order valence-electron chi connectivity index (χ0n) is 18.1. The number of unbranched alkanes of at least 4 members (excludes halogenated alkanes) is 7. The Morgan fingerprint density at radius 2 is 1.74 bits per heavy atom. The molecule has 10 heteroatoms. The topological polar surface area (TPSA) is 97.2 Å². The second-order valence-corrected chi connectivity index (χ2v) is 7.65. The molecule has 7 nitrogen and oxygen atoms in total. The fourth-order valence-electron chi connectivity index (χ4n) is 3.41. The first-order valence-corrected chi connectivity index (χ1v) is 10.9. The maximum Gasteiger partial charge on any atom is 0.471 e. The highest BCUT2D eigenvalue weighted by atomic mass is 19.4. The summed E-state index contributed by atoms with van der Waals surface area (Å²) in [5.74, 6) is -2.19. The molecule has 0 spiro atoms. The number of halogens is 3. The summed E-state index contributed by atoms with van der Waals surface area (Å²) in [5, 5.41) is 21.7. The van der Waals surface area contributed by atoms with E-state index in [1.165, 1.54) is 31.8 Å². The summed E-state index contributed by atoms with van der Waals surface area (Å²) in [7, 11) is 0. The highest BCUT2D eigenvalue weighted by molar-refractivity contribution is 5.82. The molecule has 1 heterocycles. The maximum atomic E-state index is 12.8. The second kappa shape index (κ2) is 14.8. The molecule has 1 aliphatic rings. The first-order chi connectivity index (χ1) is 14.8. The smallest absolute Gasteiger partial charge is 0.394 e. The lowest BCUT2D eigenvalue weighted by Gasteiger charge is -2.44. The minimum absolute atomic E-state index is 0.0674. The van der Waals surface area contributed by atoms with Gasteiger partial charge < -0.3 is 29.7 Å². The Morgan fingerprint density at radius 1 is 1.13 bits per heavy atom. The molecule has 182 valence electrons. The number of aliphatic hydroxyl groups is 2. The summed E-state index contributed by atoms with van der Waals surface area (Å²) in [4.78, 5) is 11.5. The van der Waals surface area contributed by atoms with E-state index in [-0.39, 0.29) is 13.2 Å². The molecule has 1 unspecified atom stereocenters. The van der Waals surface area contributed by atoms with Crippen LogP contribution in [-0.2, 0) is 19.0 Å². The van der Waals surface area contributed by atoms with E-state index < -0.39 is 49.3 Å². The Morgan fingerprint density at radius 3 is 2.29 bits per heavy atom. The van der Waals surface area contributed by atoms with Crippen LogP contribution in [0.15, 0.2) is 12.7 Å². The van der Waals surface area contributed by atoms with E-state index in [0.717, 1.165) is 19.3 Å². The summed E-state index contributed by atoms with van der Waals surface area (Å²) < 4.78 is 54.8. The van der Waals surface area contributed by atoms with Crippen LogP contribution >= 0.6 is 0 Å². The van der Waals surface area contributed by atoms with Gasteiger partial charge in [0.25, 0.3) is 0 Å². The van der Waals surface area contributed by atoms with Crippen molar-refractivity contribution in [1.82, 2.24) is 5.32 Å². The van der Waals surface area contributed by atoms with Gasteiger partial charge in [0.1, 0.15) is 24.4 Å². The predicted octanol–water partition coefficient (Wildman–Crippen LogP) is 2.84. The molecular weight excluding hydrogens is 419 g/mol. The zero-order valence-corrected chi connectivity index (χ0v) is 18.1. The third-order valence-corrected chi connectivity index (χ3v) is 5.10. The first kappa shape index (κ1) is 27.8. The SMILES string of the molecule is C=CCO[C@H]1O[C@H](CO)[C@@H](O)[C@H](OCCCCCCCCCC)C1NC(=O)C(F)(F)F. The minimum Gasteiger partial charge on any atom is -0.394 e. The van der Waals surface area contributed by atoms with Crippen molar-refractivity contribution in [2.45, 2.75) is 95.1 Å². The molecule has 0 aromatic rings. The van der Waals surface area contributed by atoms with Gasteiger partial charge in [-0.25, -0.2) is 0 Å². The molecule has 1 rings (SSSR count). The third-order valence-electron chi connectivity index (χ3n) is 5.10. The van der Waals surface area contributed by atoms with Crippen LogP contribution in [-0.4, -0.2) is 72.8 Å². The number of amides is 1. The van der Waals surface area contributed by atoms with Gasteiger partial charge in [-0.05, 0) is 6.42 Å². The van der Waals surface area contributed by atoms with Crippen molar-refractivity contribution in [3.63, 3.8) is 0 Å². The molecule has 0 aromatic carbocycles. The molecule has 0 radical (unpaired) electrons. The van der Waals surface area contributed by atoms with Crippen molar-refractivity contribution in [3.8, 4) is 0 Å². The van der Waals surface area contributed by atoms with E-state index in [1.807, 2.05) is 5.32 Å². The van der Waals surface area contributed by atoms with Crippen molar-refractivity contribution in [3.05, 3.63) is 12.7 Å². The quantitative estimate of drug-likeness (QED) is 0.260. The summed E-state index contributed by atoms with van der Waals surface area (Å²) in [6, 6.07) is -1.42. The summed E-state index contributed by atoms with van der Waals surface area (Å²) in [6.45, 7) is 5.14. The van der Waals surface area contributed by atoms with Crippen LogP contribution in [0, 0.1) is 0 Å². The van der Waals surface area contributed by atoms with Crippen LogP contribution in [0.3, 0.4) is 0 Å². The van der Waals surface area contributed by atoms with Crippen molar-refractivity contribution in [2.24, 2.45) is 0 Å². The van der Waals surface area contributed by atoms with Crippen molar-refractivity contribution < 1.29 is 42.4 Å². The third kappa shape index (κ3) is 9.86. The molecule has 0 saturated carbocycles. The van der Waals surface area contributed by atoms with Gasteiger partial charge in [-0.3, -0.25) is 4.79 Å². The molecule has 5 atom stereocenters. The van der Waals surface area contributed by atoms with Gasteiger partial charge >= 0.3 is 12.1 Å². The Bertz CT molecular complexity index is 520. The lowest BCUT2D eigenvalue weighted by molar-refractivity contribution is -0.276. The summed E-state index contributed by atoms with van der Waals surface area (Å²) in [5.41, 5.74) is 0. The molecule has 1 amide bonds. The zero-order chi connectivity index (χ0) is 23.3. The normalized spacial score (nSPS) is 26.6. The van der Waals surface area contributed by atoms with E-state index in [4.69, 9.17) is 14.2 Å². The van der Waals surface area contributed by atoms with Crippen molar-refractivity contribution >= 4 is 5.91 Å². The summed E-state index contributed by atoms with van der Waals surface area (Å²) in [6.07, 6.45) is -0.498. The number of carbonyl (C=O) groups is 1. The fraction of sp³-hybridized carbons (Fsp3) is 0.857.